The first kappa shape index (κ1) is 20.0. The molecule has 1 aromatic carbocycles. The van der Waals surface area contributed by atoms with Crippen LogP contribution in [-0.4, -0.2) is 67.5 Å². The largest absolute Gasteiger partial charge is 0.496 e. The Balaban J connectivity index is 1.90. The lowest BCUT2D eigenvalue weighted by Gasteiger charge is -2.35. The molecule has 0 aliphatic carbocycles. The van der Waals surface area contributed by atoms with Crippen molar-refractivity contribution < 1.29 is 23.9 Å². The molecule has 1 aliphatic rings. The summed E-state index contributed by atoms with van der Waals surface area (Å²) in [6.07, 6.45) is 0.195. The highest BCUT2D eigenvalue weighted by molar-refractivity contribution is 6.31. The van der Waals surface area contributed by atoms with Gasteiger partial charge in [0.2, 0.25) is 5.91 Å². The fourth-order valence-corrected chi connectivity index (χ4v) is 2.95. The summed E-state index contributed by atoms with van der Waals surface area (Å²) in [5, 5.41) is 0.460. The van der Waals surface area contributed by atoms with Crippen LogP contribution < -0.4 is 4.74 Å². The van der Waals surface area contributed by atoms with E-state index in [2.05, 4.69) is 0 Å². The van der Waals surface area contributed by atoms with Crippen molar-refractivity contribution in [2.24, 2.45) is 0 Å². The number of hydrogen-bond acceptors (Lipinski definition) is 5. The van der Waals surface area contributed by atoms with Crippen LogP contribution in [0, 0.1) is 0 Å². The highest BCUT2D eigenvalue weighted by atomic mass is 35.5. The molecule has 26 heavy (non-hydrogen) atoms. The topological polar surface area (TPSA) is 76.2 Å². The number of halogens is 1. The van der Waals surface area contributed by atoms with E-state index in [4.69, 9.17) is 21.1 Å². The number of amides is 2. The molecule has 142 valence electrons. The maximum Gasteiger partial charge on any atom is 0.306 e. The molecule has 1 aromatic rings. The molecular weight excluding hydrogens is 360 g/mol. The Bertz CT molecular complexity index is 672. The summed E-state index contributed by atoms with van der Waals surface area (Å²) < 4.78 is 10.1. The van der Waals surface area contributed by atoms with Gasteiger partial charge in [-0.2, -0.15) is 0 Å². The molecule has 1 saturated heterocycles. The third-order valence-electron chi connectivity index (χ3n) is 4.16. The zero-order valence-electron chi connectivity index (χ0n) is 15.0. The van der Waals surface area contributed by atoms with Crippen LogP contribution in [0.15, 0.2) is 18.2 Å². The predicted octanol–water partition coefficient (Wildman–Crippen LogP) is 1.98. The van der Waals surface area contributed by atoms with E-state index in [1.165, 1.54) is 7.11 Å². The van der Waals surface area contributed by atoms with E-state index in [0.29, 0.717) is 49.1 Å². The molecule has 1 aliphatic heterocycles. The molecule has 1 fully saturated rings. The Morgan fingerprint density at radius 2 is 1.73 bits per heavy atom. The van der Waals surface area contributed by atoms with E-state index in [9.17, 15) is 14.4 Å². The molecule has 0 saturated carbocycles. The molecule has 0 radical (unpaired) electrons. The summed E-state index contributed by atoms with van der Waals surface area (Å²) in [6, 6.07) is 4.90. The lowest BCUT2D eigenvalue weighted by Crippen LogP contribution is -2.50. The lowest BCUT2D eigenvalue weighted by molar-refractivity contribution is -0.146. The van der Waals surface area contributed by atoms with Gasteiger partial charge < -0.3 is 19.3 Å². The maximum atomic E-state index is 12.7. The lowest BCUT2D eigenvalue weighted by atomic mass is 10.1. The van der Waals surface area contributed by atoms with Gasteiger partial charge >= 0.3 is 5.97 Å². The Morgan fingerprint density at radius 3 is 2.35 bits per heavy atom. The first-order valence-corrected chi connectivity index (χ1v) is 8.90. The van der Waals surface area contributed by atoms with E-state index in [0.717, 1.165) is 0 Å². The maximum absolute atomic E-state index is 12.7. The Hall–Kier alpha value is -2.28. The number of carbonyl (C=O) groups excluding carboxylic acids is 3. The highest BCUT2D eigenvalue weighted by Crippen LogP contribution is 2.24. The highest BCUT2D eigenvalue weighted by Gasteiger charge is 2.26. The number of benzene rings is 1. The van der Waals surface area contributed by atoms with E-state index in [1.807, 2.05) is 0 Å². The van der Waals surface area contributed by atoms with Crippen molar-refractivity contribution in [2.45, 2.75) is 19.8 Å². The Morgan fingerprint density at radius 1 is 1.08 bits per heavy atom. The van der Waals surface area contributed by atoms with E-state index >= 15 is 0 Å². The normalized spacial score (nSPS) is 14.1. The molecule has 8 heteroatoms. The van der Waals surface area contributed by atoms with Crippen LogP contribution in [0.1, 0.15) is 30.1 Å². The van der Waals surface area contributed by atoms with Gasteiger partial charge in [-0.05, 0) is 25.1 Å². The van der Waals surface area contributed by atoms with Crippen LogP contribution in [0.2, 0.25) is 5.02 Å². The second-order valence-corrected chi connectivity index (χ2v) is 6.26. The monoisotopic (exact) mass is 382 g/mol. The van der Waals surface area contributed by atoms with Gasteiger partial charge in [0.05, 0.1) is 25.7 Å². The zero-order valence-corrected chi connectivity index (χ0v) is 15.8. The molecule has 0 N–H and O–H groups in total. The number of esters is 1. The first-order chi connectivity index (χ1) is 12.5. The number of piperazine rings is 1. The molecule has 2 amide bonds. The SMILES string of the molecule is CCOC(=O)CCC(=O)N1CCN(C(=O)c2cc(Cl)ccc2OC)CC1. The standard InChI is InChI=1S/C18H23ClN2O5/c1-3-26-17(23)7-6-16(22)20-8-10-21(11-9-20)18(24)14-12-13(19)4-5-15(14)25-2/h4-5,12H,3,6-11H2,1-2H3. The average Bonchev–Trinajstić information content (AvgIpc) is 2.66. The molecule has 0 atom stereocenters. The summed E-state index contributed by atoms with van der Waals surface area (Å²) in [6.45, 7) is 3.72. The van der Waals surface area contributed by atoms with Gasteiger partial charge in [-0.25, -0.2) is 0 Å². The van der Waals surface area contributed by atoms with Crippen molar-refractivity contribution in [3.05, 3.63) is 28.8 Å². The number of rotatable bonds is 6. The minimum Gasteiger partial charge on any atom is -0.496 e. The van der Waals surface area contributed by atoms with Crippen LogP contribution in [0.25, 0.3) is 0 Å². The quantitative estimate of drug-likeness (QED) is 0.703. The predicted molar refractivity (Wildman–Crippen MR) is 96.4 cm³/mol. The third kappa shape index (κ3) is 5.11. The van der Waals surface area contributed by atoms with Gasteiger partial charge in [-0.3, -0.25) is 14.4 Å². The number of ether oxygens (including phenoxy) is 2. The van der Waals surface area contributed by atoms with Crippen LogP contribution >= 0.6 is 11.6 Å². The summed E-state index contributed by atoms with van der Waals surface area (Å²) in [7, 11) is 1.50. The van der Waals surface area contributed by atoms with Gasteiger partial charge in [0.15, 0.2) is 0 Å². The molecule has 0 aromatic heterocycles. The van der Waals surface area contributed by atoms with Crippen LogP contribution in [-0.2, 0) is 14.3 Å². The van der Waals surface area contributed by atoms with Crippen molar-refractivity contribution in [3.63, 3.8) is 0 Å². The summed E-state index contributed by atoms with van der Waals surface area (Å²) in [5.41, 5.74) is 0.405. The zero-order chi connectivity index (χ0) is 19.1. The van der Waals surface area contributed by atoms with Gasteiger partial charge in [0, 0.05) is 37.6 Å². The molecular formula is C18H23ClN2O5. The smallest absolute Gasteiger partial charge is 0.306 e. The third-order valence-corrected chi connectivity index (χ3v) is 4.39. The van der Waals surface area contributed by atoms with E-state index < -0.39 is 0 Å². The van der Waals surface area contributed by atoms with Crippen LogP contribution in [0.4, 0.5) is 0 Å². The van der Waals surface area contributed by atoms with E-state index in [1.54, 1.807) is 34.9 Å². The second-order valence-electron chi connectivity index (χ2n) is 5.82. The van der Waals surface area contributed by atoms with Gasteiger partial charge in [-0.1, -0.05) is 11.6 Å². The van der Waals surface area contributed by atoms with E-state index in [-0.39, 0.29) is 30.6 Å². The second kappa shape index (κ2) is 9.43. The molecule has 7 nitrogen and oxygen atoms in total. The first-order valence-electron chi connectivity index (χ1n) is 8.52. The summed E-state index contributed by atoms with van der Waals surface area (Å²) in [5.74, 6) is -0.191. The Labute approximate surface area is 157 Å². The number of nitrogens with zero attached hydrogens (tertiary/aromatic N) is 2. The number of hydrogen-bond donors (Lipinski definition) is 0. The molecule has 0 spiro atoms. The van der Waals surface area contributed by atoms with Crippen LogP contribution in [0.5, 0.6) is 5.75 Å². The fourth-order valence-electron chi connectivity index (χ4n) is 2.78. The van der Waals surface area contributed by atoms with Crippen molar-refractivity contribution in [2.75, 3.05) is 39.9 Å². The molecule has 0 unspecified atom stereocenters. The van der Waals surface area contributed by atoms with Gasteiger partial charge in [-0.15, -0.1) is 0 Å². The van der Waals surface area contributed by atoms with Crippen molar-refractivity contribution in [1.82, 2.24) is 9.80 Å². The number of carbonyl (C=O) groups is 3. The molecule has 2 rings (SSSR count). The van der Waals surface area contributed by atoms with Crippen molar-refractivity contribution >= 4 is 29.4 Å². The molecule has 0 bridgehead atoms. The van der Waals surface area contributed by atoms with Gasteiger partial charge in [0.25, 0.3) is 5.91 Å². The Kier molecular flexibility index (Phi) is 7.26. The van der Waals surface area contributed by atoms with Crippen LogP contribution in [0.3, 0.4) is 0 Å². The van der Waals surface area contributed by atoms with Crippen molar-refractivity contribution in [3.8, 4) is 5.75 Å². The van der Waals surface area contributed by atoms with Gasteiger partial charge in [0.1, 0.15) is 5.75 Å². The average molecular weight is 383 g/mol. The minimum absolute atomic E-state index is 0.0749. The fraction of sp³-hybridized carbons (Fsp3) is 0.500. The number of methoxy groups -OCH3 is 1. The summed E-state index contributed by atoms with van der Waals surface area (Å²) in [4.78, 5) is 39.6. The van der Waals surface area contributed by atoms with Crippen molar-refractivity contribution in [1.29, 1.82) is 0 Å². The minimum atomic E-state index is -0.372. The molecule has 1 heterocycles. The summed E-state index contributed by atoms with van der Waals surface area (Å²) >= 11 is 5.99.